The molecule has 1 fully saturated rings. The topological polar surface area (TPSA) is 59.0 Å². The van der Waals surface area contributed by atoms with Gasteiger partial charge in [0.15, 0.2) is 0 Å². The van der Waals surface area contributed by atoms with Crippen molar-refractivity contribution in [2.24, 2.45) is 0 Å². The molecule has 2 rings (SSSR count). The van der Waals surface area contributed by atoms with Crippen LogP contribution in [0.1, 0.15) is 36.0 Å². The van der Waals surface area contributed by atoms with Crippen molar-refractivity contribution in [2.75, 3.05) is 27.4 Å². The van der Waals surface area contributed by atoms with Gasteiger partial charge in [0.1, 0.15) is 11.5 Å². The first kappa shape index (κ1) is 15.6. The van der Waals surface area contributed by atoms with Gasteiger partial charge in [-0.1, -0.05) is 12.8 Å². The molecule has 1 aliphatic carbocycles. The van der Waals surface area contributed by atoms with Crippen molar-refractivity contribution in [2.45, 2.75) is 31.7 Å². The lowest BCUT2D eigenvalue weighted by atomic mass is 10.1. The molecule has 1 saturated carbocycles. The molecule has 0 aliphatic heterocycles. The smallest absolute Gasteiger partial charge is 0.258 e. The molecule has 1 aliphatic rings. The quantitative estimate of drug-likeness (QED) is 0.872. The Hall–Kier alpha value is -1.75. The van der Waals surface area contributed by atoms with Gasteiger partial charge in [-0.25, -0.2) is 0 Å². The van der Waals surface area contributed by atoms with Crippen LogP contribution in [-0.4, -0.2) is 49.3 Å². The maximum Gasteiger partial charge on any atom is 0.258 e. The van der Waals surface area contributed by atoms with E-state index in [9.17, 15) is 9.90 Å². The van der Waals surface area contributed by atoms with Crippen molar-refractivity contribution < 1.29 is 19.4 Å². The van der Waals surface area contributed by atoms with Crippen LogP contribution < -0.4 is 9.47 Å². The predicted molar refractivity (Wildman–Crippen MR) is 79.9 cm³/mol. The number of carbonyl (C=O) groups excluding carboxylic acids is 1. The summed E-state index contributed by atoms with van der Waals surface area (Å²) in [6.45, 7) is 0.318. The summed E-state index contributed by atoms with van der Waals surface area (Å²) >= 11 is 0. The predicted octanol–water partition coefficient (Wildman–Crippen LogP) is 2.08. The molecule has 5 heteroatoms. The largest absolute Gasteiger partial charge is 0.497 e. The van der Waals surface area contributed by atoms with Crippen molar-refractivity contribution in [3.63, 3.8) is 0 Å². The molecule has 116 valence electrons. The molecule has 0 unspecified atom stereocenters. The van der Waals surface area contributed by atoms with Crippen molar-refractivity contribution in [3.8, 4) is 11.5 Å². The van der Waals surface area contributed by atoms with E-state index in [1.54, 1.807) is 37.3 Å². The van der Waals surface area contributed by atoms with Crippen LogP contribution in [0.5, 0.6) is 11.5 Å². The van der Waals surface area contributed by atoms with E-state index in [0.717, 1.165) is 25.7 Å². The molecule has 1 N–H and O–H groups in total. The molecule has 1 aromatic rings. The fourth-order valence-electron chi connectivity index (χ4n) is 2.91. The van der Waals surface area contributed by atoms with Crippen LogP contribution in [-0.2, 0) is 0 Å². The summed E-state index contributed by atoms with van der Waals surface area (Å²) < 4.78 is 10.5. The number of methoxy groups -OCH3 is 2. The first-order valence-corrected chi connectivity index (χ1v) is 7.35. The number of rotatable bonds is 6. The highest BCUT2D eigenvalue weighted by Gasteiger charge is 2.28. The average Bonchev–Trinajstić information content (AvgIpc) is 3.05. The number of amides is 1. The number of aliphatic hydroxyl groups excluding tert-OH is 1. The van der Waals surface area contributed by atoms with Crippen LogP contribution in [0.25, 0.3) is 0 Å². The van der Waals surface area contributed by atoms with E-state index in [4.69, 9.17) is 9.47 Å². The monoisotopic (exact) mass is 293 g/mol. The summed E-state index contributed by atoms with van der Waals surface area (Å²) in [4.78, 5) is 14.6. The Balaban J connectivity index is 2.30. The Morgan fingerprint density at radius 1 is 1.29 bits per heavy atom. The maximum atomic E-state index is 12.8. The van der Waals surface area contributed by atoms with Gasteiger partial charge in [-0.05, 0) is 31.0 Å². The van der Waals surface area contributed by atoms with Crippen molar-refractivity contribution in [3.05, 3.63) is 23.8 Å². The van der Waals surface area contributed by atoms with Gasteiger partial charge in [0.2, 0.25) is 0 Å². The molecule has 0 atom stereocenters. The Bertz CT molecular complexity index is 483. The number of carbonyl (C=O) groups is 1. The normalized spacial score (nSPS) is 15.0. The number of hydrogen-bond acceptors (Lipinski definition) is 4. The van der Waals surface area contributed by atoms with Gasteiger partial charge >= 0.3 is 0 Å². The van der Waals surface area contributed by atoms with Crippen LogP contribution >= 0.6 is 0 Å². The Labute approximate surface area is 125 Å². The summed E-state index contributed by atoms with van der Waals surface area (Å²) in [5.74, 6) is 1.04. The lowest BCUT2D eigenvalue weighted by Crippen LogP contribution is -2.40. The van der Waals surface area contributed by atoms with E-state index < -0.39 is 0 Å². The van der Waals surface area contributed by atoms with Crippen molar-refractivity contribution in [1.82, 2.24) is 4.90 Å². The highest BCUT2D eigenvalue weighted by molar-refractivity contribution is 5.97. The van der Waals surface area contributed by atoms with Crippen LogP contribution in [0, 0.1) is 0 Å². The van der Waals surface area contributed by atoms with Crippen LogP contribution in [0.4, 0.5) is 0 Å². The molecule has 0 heterocycles. The average molecular weight is 293 g/mol. The minimum Gasteiger partial charge on any atom is -0.497 e. The molecule has 0 radical (unpaired) electrons. The van der Waals surface area contributed by atoms with E-state index in [2.05, 4.69) is 0 Å². The molecule has 0 spiro atoms. The zero-order chi connectivity index (χ0) is 15.2. The van der Waals surface area contributed by atoms with Crippen LogP contribution in [0.15, 0.2) is 18.2 Å². The summed E-state index contributed by atoms with van der Waals surface area (Å²) in [5.41, 5.74) is 0.484. The minimum absolute atomic E-state index is 0.0332. The lowest BCUT2D eigenvalue weighted by molar-refractivity contribution is 0.0634. The third-order valence-corrected chi connectivity index (χ3v) is 4.00. The third-order valence-electron chi connectivity index (χ3n) is 4.00. The lowest BCUT2D eigenvalue weighted by Gasteiger charge is -2.29. The minimum atomic E-state index is -0.105. The van der Waals surface area contributed by atoms with Gasteiger partial charge in [-0.3, -0.25) is 4.79 Å². The number of nitrogens with zero attached hydrogens (tertiary/aromatic N) is 1. The van der Waals surface area contributed by atoms with Gasteiger partial charge < -0.3 is 19.5 Å². The van der Waals surface area contributed by atoms with Crippen LogP contribution in [0.3, 0.4) is 0 Å². The molecular weight excluding hydrogens is 270 g/mol. The van der Waals surface area contributed by atoms with Crippen molar-refractivity contribution in [1.29, 1.82) is 0 Å². The number of aliphatic hydroxyl groups is 1. The summed E-state index contributed by atoms with van der Waals surface area (Å²) in [6.07, 6.45) is 4.26. The van der Waals surface area contributed by atoms with Crippen LogP contribution in [0.2, 0.25) is 0 Å². The molecule has 0 aromatic heterocycles. The number of benzene rings is 1. The zero-order valence-corrected chi connectivity index (χ0v) is 12.7. The second kappa shape index (κ2) is 7.31. The second-order valence-corrected chi connectivity index (χ2v) is 5.23. The fourth-order valence-corrected chi connectivity index (χ4v) is 2.91. The summed E-state index contributed by atoms with van der Waals surface area (Å²) in [7, 11) is 3.11. The Morgan fingerprint density at radius 3 is 2.57 bits per heavy atom. The molecular formula is C16H23NO4. The molecule has 0 saturated heterocycles. The SMILES string of the molecule is COc1ccc(OC)c(C(=O)N(CCO)C2CCCC2)c1. The number of ether oxygens (including phenoxy) is 2. The first-order valence-electron chi connectivity index (χ1n) is 7.35. The Kier molecular flexibility index (Phi) is 5.44. The Morgan fingerprint density at radius 2 is 2.00 bits per heavy atom. The van der Waals surface area contributed by atoms with E-state index in [-0.39, 0.29) is 18.6 Å². The van der Waals surface area contributed by atoms with Gasteiger partial charge in [-0.2, -0.15) is 0 Å². The molecule has 0 bridgehead atoms. The van der Waals surface area contributed by atoms with E-state index in [0.29, 0.717) is 23.6 Å². The summed E-state index contributed by atoms with van der Waals surface area (Å²) in [6, 6.07) is 5.40. The van der Waals surface area contributed by atoms with Crippen molar-refractivity contribution >= 4 is 5.91 Å². The van der Waals surface area contributed by atoms with E-state index in [1.807, 2.05) is 0 Å². The molecule has 1 amide bonds. The van der Waals surface area contributed by atoms with E-state index in [1.165, 1.54) is 0 Å². The van der Waals surface area contributed by atoms with Gasteiger partial charge in [0, 0.05) is 12.6 Å². The fraction of sp³-hybridized carbons (Fsp3) is 0.562. The molecule has 21 heavy (non-hydrogen) atoms. The number of hydrogen-bond donors (Lipinski definition) is 1. The van der Waals surface area contributed by atoms with Gasteiger partial charge in [-0.15, -0.1) is 0 Å². The third kappa shape index (κ3) is 3.47. The standard InChI is InChI=1S/C16H23NO4/c1-20-13-7-8-15(21-2)14(11-13)16(19)17(9-10-18)12-5-3-4-6-12/h7-8,11-12,18H,3-6,9-10H2,1-2H3. The maximum absolute atomic E-state index is 12.8. The highest BCUT2D eigenvalue weighted by atomic mass is 16.5. The van der Waals surface area contributed by atoms with Gasteiger partial charge in [0.25, 0.3) is 5.91 Å². The van der Waals surface area contributed by atoms with E-state index >= 15 is 0 Å². The summed E-state index contributed by atoms with van der Waals surface area (Å²) in [5, 5.41) is 9.27. The zero-order valence-electron chi connectivity index (χ0n) is 12.7. The second-order valence-electron chi connectivity index (χ2n) is 5.23. The first-order chi connectivity index (χ1) is 10.2. The molecule has 1 aromatic carbocycles. The molecule has 5 nitrogen and oxygen atoms in total. The highest BCUT2D eigenvalue weighted by Crippen LogP contribution is 2.29. The van der Waals surface area contributed by atoms with Gasteiger partial charge in [0.05, 0.1) is 26.4 Å².